The molecule has 0 radical (unpaired) electrons. The Balaban J connectivity index is 1.31. The molecule has 8 heteroatoms. The van der Waals surface area contributed by atoms with Crippen LogP contribution in [-0.4, -0.2) is 25.9 Å². The lowest BCUT2D eigenvalue weighted by Crippen LogP contribution is -2.36. The van der Waals surface area contributed by atoms with Crippen LogP contribution < -0.4 is 15.0 Å². The summed E-state index contributed by atoms with van der Waals surface area (Å²) in [6.45, 7) is 7.50. The normalized spacial score (nSPS) is 11.4. The maximum absolute atomic E-state index is 12.5. The lowest BCUT2D eigenvalue weighted by Gasteiger charge is -2.21. The molecule has 0 unspecified atom stereocenters. The molecule has 0 saturated carbocycles. The molecule has 0 N–H and O–H groups in total. The van der Waals surface area contributed by atoms with E-state index in [1.807, 2.05) is 86.4 Å². The monoisotopic (exact) mass is 492 g/mol. The number of hydrogen-bond acceptors (Lipinski definition) is 5. The topological polar surface area (TPSA) is 71.2 Å². The number of nitrogens with zero attached hydrogens (tertiary/aromatic N) is 4. The lowest BCUT2D eigenvalue weighted by atomic mass is 10.0. The van der Waals surface area contributed by atoms with Gasteiger partial charge < -0.3 is 14.0 Å². The Morgan fingerprint density at radius 1 is 0.971 bits per heavy atom. The van der Waals surface area contributed by atoms with Crippen LogP contribution in [0.5, 0.6) is 11.5 Å². The predicted molar refractivity (Wildman–Crippen MR) is 137 cm³/mol. The maximum atomic E-state index is 12.5. The number of hydrogen-bond donors (Lipinski definition) is 0. The highest BCUT2D eigenvalue weighted by Gasteiger charge is 2.20. The van der Waals surface area contributed by atoms with Gasteiger partial charge in [-0.25, -0.2) is 9.67 Å². The molecule has 4 rings (SSSR count). The summed E-state index contributed by atoms with van der Waals surface area (Å²) in [6.07, 6.45) is 7.94. The molecule has 7 nitrogen and oxygen atoms in total. The molecule has 0 amide bonds. The van der Waals surface area contributed by atoms with Crippen molar-refractivity contribution in [1.82, 2.24) is 19.3 Å². The fourth-order valence-corrected chi connectivity index (χ4v) is 3.73. The second kappa shape index (κ2) is 10.8. The average Bonchev–Trinajstić information content (AvgIpc) is 3.36. The van der Waals surface area contributed by atoms with Gasteiger partial charge in [0.1, 0.15) is 12.4 Å². The van der Waals surface area contributed by atoms with E-state index < -0.39 is 5.54 Å². The van der Waals surface area contributed by atoms with E-state index in [0.717, 1.165) is 35.4 Å². The molecule has 2 heterocycles. The smallest absolute Gasteiger partial charge is 0.289 e. The van der Waals surface area contributed by atoms with Crippen LogP contribution in [0.2, 0.25) is 5.02 Å². The van der Waals surface area contributed by atoms with Crippen LogP contribution in [0.3, 0.4) is 0 Å². The quantitative estimate of drug-likeness (QED) is 0.286. The van der Waals surface area contributed by atoms with Gasteiger partial charge in [-0.15, -0.1) is 0 Å². The first-order valence-electron chi connectivity index (χ1n) is 11.5. The molecule has 0 saturated heterocycles. The fourth-order valence-electron chi connectivity index (χ4n) is 3.55. The molecular weight excluding hydrogens is 464 g/mol. The summed E-state index contributed by atoms with van der Waals surface area (Å²) in [7, 11) is 0. The van der Waals surface area contributed by atoms with E-state index >= 15 is 0 Å². The second-order valence-corrected chi connectivity index (χ2v) is 9.60. The Bertz CT molecular complexity index is 1290. The van der Waals surface area contributed by atoms with Gasteiger partial charge in [-0.3, -0.25) is 4.79 Å². The minimum Gasteiger partial charge on any atom is -0.494 e. The summed E-state index contributed by atoms with van der Waals surface area (Å²) in [4.78, 5) is 16.5. The van der Waals surface area contributed by atoms with Crippen LogP contribution >= 0.6 is 11.6 Å². The molecule has 0 bridgehead atoms. The summed E-state index contributed by atoms with van der Waals surface area (Å²) in [5.74, 6) is 1.13. The molecule has 35 heavy (non-hydrogen) atoms. The van der Waals surface area contributed by atoms with Gasteiger partial charge in [0.2, 0.25) is 0 Å². The van der Waals surface area contributed by atoms with Crippen LogP contribution in [0.4, 0.5) is 0 Å². The number of imidazole rings is 1. The second-order valence-electron chi connectivity index (χ2n) is 9.22. The van der Waals surface area contributed by atoms with Gasteiger partial charge in [-0.1, -0.05) is 48.0 Å². The molecule has 2 aromatic heterocycles. The number of benzene rings is 2. The number of ether oxygens (including phenoxy) is 2. The molecular formula is C27H29ClN4O3. The zero-order chi connectivity index (χ0) is 24.8. The number of rotatable bonds is 9. The van der Waals surface area contributed by atoms with Crippen molar-refractivity contribution in [2.24, 2.45) is 0 Å². The van der Waals surface area contributed by atoms with E-state index in [9.17, 15) is 4.79 Å². The van der Waals surface area contributed by atoms with Gasteiger partial charge in [0, 0.05) is 18.9 Å². The first-order valence-corrected chi connectivity index (χ1v) is 11.9. The van der Waals surface area contributed by atoms with Crippen molar-refractivity contribution in [3.05, 3.63) is 94.4 Å². The molecule has 0 aliphatic carbocycles. The molecule has 0 spiro atoms. The highest BCUT2D eigenvalue weighted by Crippen LogP contribution is 2.25. The minimum atomic E-state index is -0.458. The summed E-state index contributed by atoms with van der Waals surface area (Å²) < 4.78 is 15.0. The van der Waals surface area contributed by atoms with Crippen molar-refractivity contribution < 1.29 is 9.47 Å². The van der Waals surface area contributed by atoms with Gasteiger partial charge >= 0.3 is 0 Å². The van der Waals surface area contributed by atoms with Gasteiger partial charge in [0.25, 0.3) is 5.56 Å². The Labute approximate surface area is 209 Å². The molecule has 0 aliphatic heterocycles. The van der Waals surface area contributed by atoms with Crippen LogP contribution in [-0.2, 0) is 18.7 Å². The first kappa shape index (κ1) is 24.5. The average molecular weight is 493 g/mol. The SMILES string of the molecule is CC(C)(C)n1ncc(OCc2ccc(-c3ccc(OCCCn4ccnc4)cc3)cc2)c(Cl)c1=O. The van der Waals surface area contributed by atoms with Crippen LogP contribution in [0.15, 0.2) is 78.2 Å². The third-order valence-corrected chi connectivity index (χ3v) is 5.79. The Kier molecular flexibility index (Phi) is 7.56. The van der Waals surface area contributed by atoms with E-state index in [1.165, 1.54) is 10.9 Å². The van der Waals surface area contributed by atoms with Gasteiger partial charge in [0.05, 0.1) is 24.7 Å². The van der Waals surface area contributed by atoms with E-state index in [-0.39, 0.29) is 22.9 Å². The molecule has 0 fully saturated rings. The summed E-state index contributed by atoms with van der Waals surface area (Å²) in [5.41, 5.74) is 2.33. The summed E-state index contributed by atoms with van der Waals surface area (Å²) in [6, 6.07) is 16.1. The van der Waals surface area contributed by atoms with Crippen LogP contribution in [0, 0.1) is 0 Å². The van der Waals surface area contributed by atoms with Crippen molar-refractivity contribution in [2.45, 2.75) is 45.9 Å². The Morgan fingerprint density at radius 3 is 2.29 bits per heavy atom. The largest absolute Gasteiger partial charge is 0.494 e. The van der Waals surface area contributed by atoms with Crippen LogP contribution in [0.1, 0.15) is 32.8 Å². The van der Waals surface area contributed by atoms with Gasteiger partial charge in [-0.2, -0.15) is 5.10 Å². The zero-order valence-corrected chi connectivity index (χ0v) is 20.9. The Morgan fingerprint density at radius 2 is 1.66 bits per heavy atom. The third-order valence-electron chi connectivity index (χ3n) is 5.45. The molecule has 2 aromatic carbocycles. The number of halogens is 1. The fraction of sp³-hybridized carbons (Fsp3) is 0.296. The predicted octanol–water partition coefficient (Wildman–Crippen LogP) is 5.56. The highest BCUT2D eigenvalue weighted by atomic mass is 35.5. The third kappa shape index (κ3) is 6.31. The van der Waals surface area contributed by atoms with Crippen molar-refractivity contribution in [3.63, 3.8) is 0 Å². The van der Waals surface area contributed by atoms with Crippen molar-refractivity contribution in [3.8, 4) is 22.6 Å². The lowest BCUT2D eigenvalue weighted by molar-refractivity contribution is 0.292. The maximum Gasteiger partial charge on any atom is 0.289 e. The molecule has 182 valence electrons. The number of aromatic nitrogens is 4. The van der Waals surface area contributed by atoms with Crippen molar-refractivity contribution >= 4 is 11.6 Å². The van der Waals surface area contributed by atoms with E-state index in [4.69, 9.17) is 21.1 Å². The minimum absolute atomic E-state index is 0.0376. The van der Waals surface area contributed by atoms with Crippen LogP contribution in [0.25, 0.3) is 11.1 Å². The molecule has 0 atom stereocenters. The van der Waals surface area contributed by atoms with Crippen molar-refractivity contribution in [1.29, 1.82) is 0 Å². The standard InChI is InChI=1S/C27H29ClN4O3/c1-27(2,3)32-26(33)25(28)24(17-30-32)35-18-20-5-7-21(8-6-20)22-9-11-23(12-10-22)34-16-4-14-31-15-13-29-19-31/h5-13,15,17,19H,4,14,16,18H2,1-3H3. The molecule has 0 aliphatic rings. The summed E-state index contributed by atoms with van der Waals surface area (Å²) >= 11 is 6.24. The van der Waals surface area contributed by atoms with Gasteiger partial charge in [0.15, 0.2) is 10.8 Å². The highest BCUT2D eigenvalue weighted by molar-refractivity contribution is 6.31. The van der Waals surface area contributed by atoms with Gasteiger partial charge in [-0.05, 0) is 56.0 Å². The Hall–Kier alpha value is -3.58. The van der Waals surface area contributed by atoms with E-state index in [1.54, 1.807) is 6.20 Å². The van der Waals surface area contributed by atoms with Crippen molar-refractivity contribution in [2.75, 3.05) is 6.61 Å². The van der Waals surface area contributed by atoms with E-state index in [0.29, 0.717) is 6.61 Å². The zero-order valence-electron chi connectivity index (χ0n) is 20.1. The van der Waals surface area contributed by atoms with E-state index in [2.05, 4.69) is 10.1 Å². The summed E-state index contributed by atoms with van der Waals surface area (Å²) in [5, 5.41) is 4.24. The first-order chi connectivity index (χ1) is 16.8. The molecule has 4 aromatic rings. The number of aryl methyl sites for hydroxylation is 1.